The van der Waals surface area contributed by atoms with Gasteiger partial charge in [-0.2, -0.15) is 13.2 Å². The molecule has 100 valence electrons. The molecule has 1 atom stereocenters. The van der Waals surface area contributed by atoms with Crippen molar-refractivity contribution in [3.63, 3.8) is 0 Å². The molecule has 0 fully saturated rings. The summed E-state index contributed by atoms with van der Waals surface area (Å²) in [5.74, 6) is -1.32. The molecule has 18 heavy (non-hydrogen) atoms. The largest absolute Gasteiger partial charge is 0.480 e. The Kier molecular flexibility index (Phi) is 4.42. The Morgan fingerprint density at radius 3 is 2.61 bits per heavy atom. The number of hydrogen-bond acceptors (Lipinski definition) is 3. The molecule has 0 saturated carbocycles. The van der Waals surface area contributed by atoms with Gasteiger partial charge in [0.25, 0.3) is 0 Å². The summed E-state index contributed by atoms with van der Waals surface area (Å²) < 4.78 is 38.0. The van der Waals surface area contributed by atoms with Gasteiger partial charge in [-0.05, 0) is 12.1 Å². The summed E-state index contributed by atoms with van der Waals surface area (Å²) in [6, 6.07) is 1.96. The second-order valence-corrected chi connectivity index (χ2v) is 3.89. The molecule has 4 nitrogen and oxygen atoms in total. The molecule has 1 aromatic carbocycles. The van der Waals surface area contributed by atoms with Crippen LogP contribution in [0.15, 0.2) is 18.2 Å². The van der Waals surface area contributed by atoms with Crippen molar-refractivity contribution in [2.24, 2.45) is 5.73 Å². The van der Waals surface area contributed by atoms with Crippen LogP contribution in [0.2, 0.25) is 5.02 Å². The topological polar surface area (TPSA) is 75.3 Å². The van der Waals surface area contributed by atoms with Crippen LogP contribution in [0.25, 0.3) is 0 Å². The number of benzene rings is 1. The maximum absolute atomic E-state index is 12.7. The van der Waals surface area contributed by atoms with E-state index in [9.17, 15) is 18.0 Å². The first-order valence-corrected chi connectivity index (χ1v) is 5.19. The highest BCUT2D eigenvalue weighted by Crippen LogP contribution is 2.38. The fraction of sp³-hybridized carbons (Fsp3) is 0.300. The molecule has 1 rings (SSSR count). The van der Waals surface area contributed by atoms with E-state index in [0.717, 1.165) is 12.1 Å². The van der Waals surface area contributed by atoms with E-state index in [-0.39, 0.29) is 17.3 Å². The number of aliphatic carboxylic acids is 1. The highest BCUT2D eigenvalue weighted by Gasteiger charge is 2.34. The lowest BCUT2D eigenvalue weighted by molar-refractivity contribution is -0.138. The van der Waals surface area contributed by atoms with Gasteiger partial charge in [0.05, 0.1) is 16.3 Å². The first-order chi connectivity index (χ1) is 8.23. The highest BCUT2D eigenvalue weighted by molar-refractivity contribution is 6.33. The van der Waals surface area contributed by atoms with E-state index < -0.39 is 23.8 Å². The number of halogens is 4. The van der Waals surface area contributed by atoms with E-state index in [1.165, 1.54) is 6.07 Å². The molecule has 8 heteroatoms. The van der Waals surface area contributed by atoms with E-state index in [2.05, 4.69) is 5.32 Å². The molecule has 0 saturated heterocycles. The molecule has 0 heterocycles. The molecule has 0 radical (unpaired) electrons. The van der Waals surface area contributed by atoms with E-state index in [1.807, 2.05) is 0 Å². The van der Waals surface area contributed by atoms with Crippen molar-refractivity contribution in [3.05, 3.63) is 28.8 Å². The van der Waals surface area contributed by atoms with Gasteiger partial charge in [0, 0.05) is 6.54 Å². The van der Waals surface area contributed by atoms with Crippen LogP contribution < -0.4 is 11.1 Å². The number of carboxylic acid groups (broad SMARTS) is 1. The number of para-hydroxylation sites is 1. The Morgan fingerprint density at radius 1 is 1.50 bits per heavy atom. The minimum Gasteiger partial charge on any atom is -0.480 e. The molecule has 0 aromatic heterocycles. The molecule has 0 aliphatic carbocycles. The number of carboxylic acids is 1. The minimum absolute atomic E-state index is 0.151. The smallest absolute Gasteiger partial charge is 0.418 e. The van der Waals surface area contributed by atoms with Crippen molar-refractivity contribution in [1.82, 2.24) is 0 Å². The zero-order valence-electron chi connectivity index (χ0n) is 8.96. The number of carbonyl (C=O) groups is 1. The third-order valence-electron chi connectivity index (χ3n) is 2.13. The molecule has 0 spiro atoms. The first-order valence-electron chi connectivity index (χ1n) is 4.81. The highest BCUT2D eigenvalue weighted by atomic mass is 35.5. The van der Waals surface area contributed by atoms with Gasteiger partial charge in [0.1, 0.15) is 6.04 Å². The van der Waals surface area contributed by atoms with Crippen molar-refractivity contribution in [2.75, 3.05) is 11.9 Å². The Balaban J connectivity index is 2.97. The lowest BCUT2D eigenvalue weighted by Crippen LogP contribution is -2.37. The number of anilines is 1. The second kappa shape index (κ2) is 5.45. The predicted octanol–water partition coefficient (Wildman–Crippen LogP) is 2.18. The Bertz CT molecular complexity index is 451. The average Bonchev–Trinajstić information content (AvgIpc) is 2.25. The van der Waals surface area contributed by atoms with Crippen molar-refractivity contribution < 1.29 is 23.1 Å². The molecule has 1 unspecified atom stereocenters. The molecule has 0 aliphatic rings. The summed E-state index contributed by atoms with van der Waals surface area (Å²) >= 11 is 5.65. The first kappa shape index (κ1) is 14.6. The van der Waals surface area contributed by atoms with E-state index in [1.54, 1.807) is 0 Å². The normalized spacial score (nSPS) is 13.2. The van der Waals surface area contributed by atoms with Crippen LogP contribution in [-0.2, 0) is 11.0 Å². The zero-order chi connectivity index (χ0) is 13.9. The Hall–Kier alpha value is -1.47. The van der Waals surface area contributed by atoms with Crippen LogP contribution in [0.4, 0.5) is 18.9 Å². The number of alkyl halides is 3. The molecule has 0 bridgehead atoms. The molecule has 0 aliphatic heterocycles. The number of nitrogens with one attached hydrogen (secondary N) is 1. The fourth-order valence-electron chi connectivity index (χ4n) is 1.24. The van der Waals surface area contributed by atoms with Crippen LogP contribution in [0, 0.1) is 0 Å². The maximum Gasteiger partial charge on any atom is 0.418 e. The van der Waals surface area contributed by atoms with Gasteiger partial charge in [0.15, 0.2) is 0 Å². The summed E-state index contributed by atoms with van der Waals surface area (Å²) in [7, 11) is 0. The van der Waals surface area contributed by atoms with Gasteiger partial charge in [-0.3, -0.25) is 4.79 Å². The van der Waals surface area contributed by atoms with Crippen molar-refractivity contribution in [1.29, 1.82) is 0 Å². The van der Waals surface area contributed by atoms with Crippen molar-refractivity contribution in [2.45, 2.75) is 12.2 Å². The summed E-state index contributed by atoms with van der Waals surface area (Å²) in [5.41, 5.74) is 3.85. The molecule has 4 N–H and O–H groups in total. The van der Waals surface area contributed by atoms with Crippen LogP contribution in [-0.4, -0.2) is 23.7 Å². The third-order valence-corrected chi connectivity index (χ3v) is 2.45. The van der Waals surface area contributed by atoms with E-state index in [0.29, 0.717) is 0 Å². The summed E-state index contributed by atoms with van der Waals surface area (Å²) in [6.07, 6.45) is -4.58. The zero-order valence-corrected chi connectivity index (χ0v) is 9.72. The average molecular weight is 283 g/mol. The number of rotatable bonds is 4. The Labute approximate surface area is 106 Å². The predicted molar refractivity (Wildman–Crippen MR) is 60.6 cm³/mol. The summed E-state index contributed by atoms with van der Waals surface area (Å²) in [6.45, 7) is -0.359. The lowest BCUT2D eigenvalue weighted by atomic mass is 10.1. The fourth-order valence-corrected chi connectivity index (χ4v) is 1.48. The second-order valence-electron chi connectivity index (χ2n) is 3.49. The van der Waals surface area contributed by atoms with Crippen molar-refractivity contribution in [3.8, 4) is 0 Å². The summed E-state index contributed by atoms with van der Waals surface area (Å²) in [4.78, 5) is 10.5. The van der Waals surface area contributed by atoms with Crippen LogP contribution in [0.1, 0.15) is 5.56 Å². The van der Waals surface area contributed by atoms with Gasteiger partial charge in [-0.1, -0.05) is 17.7 Å². The van der Waals surface area contributed by atoms with Gasteiger partial charge in [0.2, 0.25) is 0 Å². The molecular formula is C10H10ClF3N2O2. The minimum atomic E-state index is -4.58. The quantitative estimate of drug-likeness (QED) is 0.791. The van der Waals surface area contributed by atoms with Gasteiger partial charge >= 0.3 is 12.1 Å². The van der Waals surface area contributed by atoms with E-state index >= 15 is 0 Å². The van der Waals surface area contributed by atoms with Crippen LogP contribution >= 0.6 is 11.6 Å². The van der Waals surface area contributed by atoms with Gasteiger partial charge in [-0.15, -0.1) is 0 Å². The third kappa shape index (κ3) is 3.51. The number of hydrogen-bond donors (Lipinski definition) is 3. The lowest BCUT2D eigenvalue weighted by Gasteiger charge is -2.17. The molecular weight excluding hydrogens is 273 g/mol. The van der Waals surface area contributed by atoms with Crippen LogP contribution in [0.3, 0.4) is 0 Å². The number of nitrogens with two attached hydrogens (primary N) is 1. The SMILES string of the molecule is NC(CNc1c(Cl)cccc1C(F)(F)F)C(=O)O. The van der Waals surface area contributed by atoms with Gasteiger partial charge < -0.3 is 16.2 Å². The standard InChI is InChI=1S/C10H10ClF3N2O2/c11-6-3-1-2-5(10(12,13)14)8(6)16-4-7(15)9(17)18/h1-3,7,16H,4,15H2,(H,17,18). The van der Waals surface area contributed by atoms with Crippen molar-refractivity contribution >= 4 is 23.3 Å². The van der Waals surface area contributed by atoms with Gasteiger partial charge in [-0.25, -0.2) is 0 Å². The summed E-state index contributed by atoms with van der Waals surface area (Å²) in [5, 5.41) is 10.7. The Morgan fingerprint density at radius 2 is 2.11 bits per heavy atom. The molecule has 1 aromatic rings. The maximum atomic E-state index is 12.7. The van der Waals surface area contributed by atoms with E-state index in [4.69, 9.17) is 22.4 Å². The van der Waals surface area contributed by atoms with Crippen LogP contribution in [0.5, 0.6) is 0 Å². The monoisotopic (exact) mass is 282 g/mol. The molecule has 0 amide bonds.